The predicted molar refractivity (Wildman–Crippen MR) is 78.4 cm³/mol. The van der Waals surface area contributed by atoms with Crippen molar-refractivity contribution in [1.29, 1.82) is 0 Å². The van der Waals surface area contributed by atoms with Gasteiger partial charge < -0.3 is 10.1 Å². The fraction of sp³-hybridized carbons (Fsp3) is 0.647. The molecule has 1 aromatic carbocycles. The number of ether oxygens (including phenoxy) is 1. The summed E-state index contributed by atoms with van der Waals surface area (Å²) in [6.45, 7) is 3.08. The monoisotopic (exact) mass is 259 g/mol. The Morgan fingerprint density at radius 1 is 1.26 bits per heavy atom. The van der Waals surface area contributed by atoms with Crippen molar-refractivity contribution in [3.05, 3.63) is 35.4 Å². The number of hydrogen-bond donors (Lipinski definition) is 1. The summed E-state index contributed by atoms with van der Waals surface area (Å²) in [5, 5.41) is 3.54. The molecule has 1 saturated carbocycles. The van der Waals surface area contributed by atoms with Gasteiger partial charge in [-0.1, -0.05) is 30.7 Å². The molecule has 2 nitrogen and oxygen atoms in total. The Morgan fingerprint density at radius 3 is 2.63 bits per heavy atom. The van der Waals surface area contributed by atoms with Crippen molar-refractivity contribution in [1.82, 2.24) is 5.32 Å². The molecule has 0 spiro atoms. The van der Waals surface area contributed by atoms with Crippen LogP contribution in [0.5, 0.6) is 0 Å². The van der Waals surface area contributed by atoms with E-state index in [1.807, 2.05) is 0 Å². The van der Waals surface area contributed by atoms with Crippen LogP contribution in [0.25, 0.3) is 0 Å². The molecule has 3 unspecified atom stereocenters. The van der Waals surface area contributed by atoms with Crippen molar-refractivity contribution < 1.29 is 4.74 Å². The number of rotatable bonds is 4. The Bertz CT molecular complexity index is 427. The SMILES string of the molecule is CNC(c1ccccc1C1CCC1)C1COC(C)C1. The van der Waals surface area contributed by atoms with Crippen LogP contribution in [-0.4, -0.2) is 19.8 Å². The van der Waals surface area contributed by atoms with E-state index in [-0.39, 0.29) is 0 Å². The van der Waals surface area contributed by atoms with Crippen LogP contribution in [0, 0.1) is 5.92 Å². The molecule has 0 amide bonds. The van der Waals surface area contributed by atoms with Gasteiger partial charge in [-0.15, -0.1) is 0 Å². The van der Waals surface area contributed by atoms with Crippen LogP contribution in [0.2, 0.25) is 0 Å². The Balaban J connectivity index is 1.86. The Morgan fingerprint density at radius 2 is 2.05 bits per heavy atom. The molecule has 1 aliphatic heterocycles. The number of nitrogens with one attached hydrogen (secondary N) is 1. The average Bonchev–Trinajstić information content (AvgIpc) is 2.77. The molecule has 1 saturated heterocycles. The van der Waals surface area contributed by atoms with Gasteiger partial charge in [0.15, 0.2) is 0 Å². The summed E-state index contributed by atoms with van der Waals surface area (Å²) < 4.78 is 5.77. The number of hydrogen-bond acceptors (Lipinski definition) is 2. The van der Waals surface area contributed by atoms with E-state index in [4.69, 9.17) is 4.74 Å². The lowest BCUT2D eigenvalue weighted by Gasteiger charge is -2.32. The van der Waals surface area contributed by atoms with Gasteiger partial charge in [-0.25, -0.2) is 0 Å². The van der Waals surface area contributed by atoms with Crippen LogP contribution in [-0.2, 0) is 4.74 Å². The molecule has 0 radical (unpaired) electrons. The summed E-state index contributed by atoms with van der Waals surface area (Å²) in [5.41, 5.74) is 3.09. The van der Waals surface area contributed by atoms with E-state index in [9.17, 15) is 0 Å². The average molecular weight is 259 g/mol. The Hall–Kier alpha value is -0.860. The minimum Gasteiger partial charge on any atom is -0.378 e. The van der Waals surface area contributed by atoms with E-state index in [0.29, 0.717) is 18.1 Å². The lowest BCUT2D eigenvalue weighted by Crippen LogP contribution is -2.28. The third kappa shape index (κ3) is 2.56. The van der Waals surface area contributed by atoms with Crippen LogP contribution in [0.3, 0.4) is 0 Å². The van der Waals surface area contributed by atoms with E-state index >= 15 is 0 Å². The first-order valence-electron chi connectivity index (χ1n) is 7.67. The zero-order valence-electron chi connectivity index (χ0n) is 12.1. The molecule has 1 aromatic rings. The van der Waals surface area contributed by atoms with E-state index in [2.05, 4.69) is 43.6 Å². The topological polar surface area (TPSA) is 21.3 Å². The van der Waals surface area contributed by atoms with Crippen LogP contribution < -0.4 is 5.32 Å². The molecule has 3 rings (SSSR count). The molecule has 1 aliphatic carbocycles. The highest BCUT2D eigenvalue weighted by Crippen LogP contribution is 2.41. The quantitative estimate of drug-likeness (QED) is 0.891. The van der Waals surface area contributed by atoms with Gasteiger partial charge in [0.1, 0.15) is 0 Å². The molecule has 1 N–H and O–H groups in total. The zero-order valence-corrected chi connectivity index (χ0v) is 12.1. The molecule has 3 atom stereocenters. The highest BCUT2D eigenvalue weighted by atomic mass is 16.5. The largest absolute Gasteiger partial charge is 0.378 e. The third-order valence-corrected chi connectivity index (χ3v) is 4.89. The highest BCUT2D eigenvalue weighted by Gasteiger charge is 2.32. The molecule has 19 heavy (non-hydrogen) atoms. The number of benzene rings is 1. The zero-order chi connectivity index (χ0) is 13.2. The lowest BCUT2D eigenvalue weighted by atomic mass is 9.75. The lowest BCUT2D eigenvalue weighted by molar-refractivity contribution is 0.117. The smallest absolute Gasteiger partial charge is 0.0551 e. The first-order chi connectivity index (χ1) is 9.29. The maximum absolute atomic E-state index is 5.77. The molecule has 104 valence electrons. The minimum atomic E-state index is 0.414. The highest BCUT2D eigenvalue weighted by molar-refractivity contribution is 5.34. The molecule has 0 aromatic heterocycles. The van der Waals surface area contributed by atoms with Crippen LogP contribution in [0.4, 0.5) is 0 Å². The van der Waals surface area contributed by atoms with Gasteiger partial charge in [-0.3, -0.25) is 0 Å². The second-order valence-corrected chi connectivity index (χ2v) is 6.16. The maximum atomic E-state index is 5.77. The van der Waals surface area contributed by atoms with Crippen molar-refractivity contribution in [3.8, 4) is 0 Å². The van der Waals surface area contributed by atoms with Crippen molar-refractivity contribution in [2.45, 2.75) is 50.7 Å². The van der Waals surface area contributed by atoms with Crippen LogP contribution in [0.1, 0.15) is 55.7 Å². The second kappa shape index (κ2) is 5.64. The van der Waals surface area contributed by atoms with Crippen LogP contribution in [0.15, 0.2) is 24.3 Å². The van der Waals surface area contributed by atoms with E-state index in [0.717, 1.165) is 12.5 Å². The molecular weight excluding hydrogens is 234 g/mol. The maximum Gasteiger partial charge on any atom is 0.0551 e. The van der Waals surface area contributed by atoms with E-state index in [1.165, 1.54) is 31.2 Å². The molecule has 1 heterocycles. The summed E-state index contributed by atoms with van der Waals surface area (Å²) >= 11 is 0. The summed E-state index contributed by atoms with van der Waals surface area (Å²) in [7, 11) is 2.09. The summed E-state index contributed by atoms with van der Waals surface area (Å²) in [4.78, 5) is 0. The van der Waals surface area contributed by atoms with Crippen LogP contribution >= 0.6 is 0 Å². The van der Waals surface area contributed by atoms with Gasteiger partial charge in [-0.05, 0) is 50.3 Å². The summed E-state index contributed by atoms with van der Waals surface area (Å²) in [6.07, 6.45) is 5.71. The summed E-state index contributed by atoms with van der Waals surface area (Å²) in [5.74, 6) is 1.41. The molecule has 2 aliphatic rings. The second-order valence-electron chi connectivity index (χ2n) is 6.16. The first-order valence-corrected chi connectivity index (χ1v) is 7.67. The Kier molecular flexibility index (Phi) is 3.90. The summed E-state index contributed by atoms with van der Waals surface area (Å²) in [6, 6.07) is 9.47. The molecular formula is C17H25NO. The molecule has 2 fully saturated rings. The predicted octanol–water partition coefficient (Wildman–Crippen LogP) is 3.64. The fourth-order valence-electron chi connectivity index (χ4n) is 3.61. The standard InChI is InChI=1S/C17H25NO/c1-12-10-14(11-19-12)17(18-2)16-9-4-3-8-15(16)13-6-5-7-13/h3-4,8-9,12-14,17-18H,5-7,10-11H2,1-2H3. The van der Waals surface area contributed by atoms with Crippen molar-refractivity contribution in [2.24, 2.45) is 5.92 Å². The Labute approximate surface area is 116 Å². The molecule has 2 heteroatoms. The first kappa shape index (κ1) is 13.1. The van der Waals surface area contributed by atoms with Crippen molar-refractivity contribution >= 4 is 0 Å². The van der Waals surface area contributed by atoms with Gasteiger partial charge in [0.2, 0.25) is 0 Å². The van der Waals surface area contributed by atoms with E-state index < -0.39 is 0 Å². The molecule has 0 bridgehead atoms. The van der Waals surface area contributed by atoms with Crippen molar-refractivity contribution in [2.75, 3.05) is 13.7 Å². The van der Waals surface area contributed by atoms with Crippen molar-refractivity contribution in [3.63, 3.8) is 0 Å². The van der Waals surface area contributed by atoms with Gasteiger partial charge in [0.25, 0.3) is 0 Å². The minimum absolute atomic E-state index is 0.414. The van der Waals surface area contributed by atoms with Gasteiger partial charge >= 0.3 is 0 Å². The fourth-order valence-corrected chi connectivity index (χ4v) is 3.61. The normalized spacial score (nSPS) is 29.2. The van der Waals surface area contributed by atoms with Gasteiger partial charge in [-0.2, -0.15) is 0 Å². The van der Waals surface area contributed by atoms with E-state index in [1.54, 1.807) is 5.56 Å². The van der Waals surface area contributed by atoms with Gasteiger partial charge in [0.05, 0.1) is 12.7 Å². The third-order valence-electron chi connectivity index (χ3n) is 4.89. The van der Waals surface area contributed by atoms with Gasteiger partial charge in [0, 0.05) is 12.0 Å².